The molecule has 0 unspecified atom stereocenters. The normalized spacial score (nSPS) is 16.5. The smallest absolute Gasteiger partial charge is 0.314 e. The third kappa shape index (κ3) is 2.29. The molecule has 1 fully saturated rings. The van der Waals surface area contributed by atoms with Crippen molar-refractivity contribution in [1.29, 1.82) is 0 Å². The average molecular weight is 206 g/mol. The summed E-state index contributed by atoms with van der Waals surface area (Å²) in [6, 6.07) is 6.54. The Labute approximate surface area is 88.7 Å². The minimum absolute atomic E-state index is 0.0175. The third-order valence-corrected chi connectivity index (χ3v) is 2.76. The number of rotatable bonds is 2. The summed E-state index contributed by atoms with van der Waals surface area (Å²) in [7, 11) is 0. The summed E-state index contributed by atoms with van der Waals surface area (Å²) in [5.41, 5.74) is 0. The van der Waals surface area contributed by atoms with Crippen LogP contribution in [0.15, 0.2) is 24.3 Å². The van der Waals surface area contributed by atoms with Crippen LogP contribution in [0.2, 0.25) is 0 Å². The molecule has 0 atom stereocenters. The molecule has 2 rings (SSSR count). The second-order valence-electron chi connectivity index (χ2n) is 3.87. The fourth-order valence-electron chi connectivity index (χ4n) is 1.90. The van der Waals surface area contributed by atoms with Crippen LogP contribution in [0.4, 0.5) is 0 Å². The molecule has 0 bridgehead atoms. The predicted octanol–water partition coefficient (Wildman–Crippen LogP) is 2.49. The van der Waals surface area contributed by atoms with E-state index < -0.39 is 0 Å². The number of ether oxygens (including phenoxy) is 1. The summed E-state index contributed by atoms with van der Waals surface area (Å²) >= 11 is 0. The van der Waals surface area contributed by atoms with Gasteiger partial charge in [-0.1, -0.05) is 25.0 Å². The maximum Gasteiger partial charge on any atom is 0.314 e. The lowest BCUT2D eigenvalue weighted by Crippen LogP contribution is -2.17. The Hall–Kier alpha value is -1.51. The molecule has 0 spiro atoms. The molecule has 0 radical (unpaired) electrons. The van der Waals surface area contributed by atoms with E-state index in [2.05, 4.69) is 0 Å². The maximum atomic E-state index is 11.6. The first-order valence-corrected chi connectivity index (χ1v) is 5.27. The zero-order valence-corrected chi connectivity index (χ0v) is 8.48. The number of carbonyl (C=O) groups excluding carboxylic acids is 1. The monoisotopic (exact) mass is 206 g/mol. The lowest BCUT2D eigenvalue weighted by molar-refractivity contribution is -0.138. The Bertz CT molecular complexity index is 354. The van der Waals surface area contributed by atoms with Gasteiger partial charge in [-0.3, -0.25) is 4.79 Å². The fraction of sp³-hybridized carbons (Fsp3) is 0.417. The van der Waals surface area contributed by atoms with Gasteiger partial charge in [0.05, 0.1) is 5.92 Å². The molecular formula is C12H14O3. The quantitative estimate of drug-likeness (QED) is 0.597. The van der Waals surface area contributed by atoms with E-state index in [4.69, 9.17) is 4.74 Å². The first kappa shape index (κ1) is 10.0. The number of phenols is 1. The molecule has 0 heterocycles. The van der Waals surface area contributed by atoms with Crippen molar-refractivity contribution in [2.45, 2.75) is 25.7 Å². The minimum atomic E-state index is -0.214. The largest absolute Gasteiger partial charge is 0.504 e. The zero-order valence-electron chi connectivity index (χ0n) is 8.48. The van der Waals surface area contributed by atoms with Gasteiger partial charge in [0.1, 0.15) is 0 Å². The molecule has 1 aromatic rings. The highest BCUT2D eigenvalue weighted by Gasteiger charge is 2.24. The Morgan fingerprint density at radius 3 is 2.60 bits per heavy atom. The Morgan fingerprint density at radius 1 is 1.27 bits per heavy atom. The molecule has 3 nitrogen and oxygen atoms in total. The maximum absolute atomic E-state index is 11.6. The third-order valence-electron chi connectivity index (χ3n) is 2.76. The van der Waals surface area contributed by atoms with Crippen molar-refractivity contribution >= 4 is 5.97 Å². The van der Waals surface area contributed by atoms with Gasteiger partial charge in [-0.2, -0.15) is 0 Å². The van der Waals surface area contributed by atoms with Gasteiger partial charge in [-0.05, 0) is 25.0 Å². The highest BCUT2D eigenvalue weighted by atomic mass is 16.5. The zero-order chi connectivity index (χ0) is 10.7. The van der Waals surface area contributed by atoms with Gasteiger partial charge >= 0.3 is 5.97 Å². The molecule has 1 saturated carbocycles. The summed E-state index contributed by atoms with van der Waals surface area (Å²) in [4.78, 5) is 11.6. The number of hydrogen-bond acceptors (Lipinski definition) is 3. The van der Waals surface area contributed by atoms with Crippen LogP contribution in [0.3, 0.4) is 0 Å². The standard InChI is InChI=1S/C12H14O3/c13-10-7-3-4-8-11(10)15-12(14)9-5-1-2-6-9/h3-4,7-9,13H,1-2,5-6H2. The van der Waals surface area contributed by atoms with E-state index in [0.29, 0.717) is 0 Å². The minimum Gasteiger partial charge on any atom is -0.504 e. The van der Waals surface area contributed by atoms with Crippen molar-refractivity contribution in [3.8, 4) is 11.5 Å². The van der Waals surface area contributed by atoms with E-state index in [-0.39, 0.29) is 23.4 Å². The van der Waals surface area contributed by atoms with E-state index in [0.717, 1.165) is 25.7 Å². The SMILES string of the molecule is O=C(Oc1ccccc1O)C1CCCC1. The summed E-state index contributed by atoms with van der Waals surface area (Å²) < 4.78 is 5.14. The first-order chi connectivity index (χ1) is 7.27. The lowest BCUT2D eigenvalue weighted by atomic mass is 10.1. The number of phenolic OH excluding ortho intramolecular Hbond substituents is 1. The van der Waals surface area contributed by atoms with Gasteiger partial charge in [-0.25, -0.2) is 0 Å². The number of esters is 1. The molecule has 15 heavy (non-hydrogen) atoms. The number of hydrogen-bond donors (Lipinski definition) is 1. The predicted molar refractivity (Wildman–Crippen MR) is 55.7 cm³/mol. The van der Waals surface area contributed by atoms with Crippen molar-refractivity contribution in [2.24, 2.45) is 5.92 Å². The molecular weight excluding hydrogens is 192 g/mol. The average Bonchev–Trinajstić information content (AvgIpc) is 2.74. The van der Waals surface area contributed by atoms with Crippen LogP contribution in [-0.4, -0.2) is 11.1 Å². The van der Waals surface area contributed by atoms with Crippen LogP contribution in [0.1, 0.15) is 25.7 Å². The number of aromatic hydroxyl groups is 1. The van der Waals surface area contributed by atoms with Gasteiger partial charge in [0.2, 0.25) is 0 Å². The Balaban J connectivity index is 2.02. The van der Waals surface area contributed by atoms with Crippen LogP contribution in [0.25, 0.3) is 0 Å². The topological polar surface area (TPSA) is 46.5 Å². The fourth-order valence-corrected chi connectivity index (χ4v) is 1.90. The van der Waals surface area contributed by atoms with Gasteiger partial charge in [0.25, 0.3) is 0 Å². The number of benzene rings is 1. The molecule has 0 aliphatic heterocycles. The second-order valence-corrected chi connectivity index (χ2v) is 3.87. The highest BCUT2D eigenvalue weighted by Crippen LogP contribution is 2.29. The molecule has 0 saturated heterocycles. The van der Waals surface area contributed by atoms with E-state index in [1.807, 2.05) is 0 Å². The van der Waals surface area contributed by atoms with Crippen molar-refractivity contribution in [2.75, 3.05) is 0 Å². The molecule has 1 aliphatic carbocycles. The molecule has 1 aliphatic rings. The van der Waals surface area contributed by atoms with E-state index in [1.54, 1.807) is 18.2 Å². The van der Waals surface area contributed by atoms with Crippen LogP contribution < -0.4 is 4.74 Å². The first-order valence-electron chi connectivity index (χ1n) is 5.27. The lowest BCUT2D eigenvalue weighted by Gasteiger charge is -2.09. The van der Waals surface area contributed by atoms with Gasteiger partial charge in [-0.15, -0.1) is 0 Å². The second kappa shape index (κ2) is 4.34. The highest BCUT2D eigenvalue weighted by molar-refractivity contribution is 5.76. The number of para-hydroxylation sites is 2. The van der Waals surface area contributed by atoms with E-state index in [9.17, 15) is 9.90 Å². The van der Waals surface area contributed by atoms with Crippen molar-refractivity contribution in [3.05, 3.63) is 24.3 Å². The molecule has 0 amide bonds. The van der Waals surface area contributed by atoms with E-state index >= 15 is 0 Å². The van der Waals surface area contributed by atoms with E-state index in [1.165, 1.54) is 6.07 Å². The summed E-state index contributed by atoms with van der Waals surface area (Å²) in [5, 5.41) is 9.42. The summed E-state index contributed by atoms with van der Waals surface area (Å²) in [6.45, 7) is 0. The van der Waals surface area contributed by atoms with Crippen LogP contribution in [-0.2, 0) is 4.79 Å². The van der Waals surface area contributed by atoms with Gasteiger partial charge in [0.15, 0.2) is 11.5 Å². The molecule has 1 N–H and O–H groups in total. The van der Waals surface area contributed by atoms with Crippen molar-refractivity contribution in [1.82, 2.24) is 0 Å². The van der Waals surface area contributed by atoms with Gasteiger partial charge < -0.3 is 9.84 Å². The molecule has 0 aromatic heterocycles. The Kier molecular flexibility index (Phi) is 2.90. The molecule has 1 aromatic carbocycles. The van der Waals surface area contributed by atoms with Crippen LogP contribution >= 0.6 is 0 Å². The van der Waals surface area contributed by atoms with Gasteiger partial charge in [0, 0.05) is 0 Å². The van der Waals surface area contributed by atoms with Crippen molar-refractivity contribution < 1.29 is 14.6 Å². The van der Waals surface area contributed by atoms with Crippen molar-refractivity contribution in [3.63, 3.8) is 0 Å². The molecule has 80 valence electrons. The van der Waals surface area contributed by atoms with Crippen LogP contribution in [0.5, 0.6) is 11.5 Å². The summed E-state index contributed by atoms with van der Waals surface area (Å²) in [5.74, 6) is 0.0804. The summed E-state index contributed by atoms with van der Waals surface area (Å²) in [6.07, 6.45) is 4.01. The Morgan fingerprint density at radius 2 is 1.93 bits per heavy atom. The molecule has 3 heteroatoms. The number of carbonyl (C=O) groups is 1. The van der Waals surface area contributed by atoms with Crippen LogP contribution in [0, 0.1) is 5.92 Å².